The molecule has 0 bridgehead atoms. The fourth-order valence-electron chi connectivity index (χ4n) is 2.93. The molecule has 0 radical (unpaired) electrons. The molecule has 1 aromatic heterocycles. The van der Waals surface area contributed by atoms with Gasteiger partial charge in [-0.05, 0) is 18.6 Å². The van der Waals surface area contributed by atoms with Crippen molar-refractivity contribution in [1.82, 2.24) is 10.2 Å². The molecule has 0 spiro atoms. The number of aryl methyl sites for hydroxylation is 1. The molecule has 0 saturated carbocycles. The number of amides is 2. The van der Waals surface area contributed by atoms with Crippen LogP contribution in [-0.4, -0.2) is 28.6 Å². The minimum absolute atomic E-state index is 0.0579. The molecule has 1 atom stereocenters. The Kier molecular flexibility index (Phi) is 5.92. The minimum atomic E-state index is -0.533. The largest absolute Gasteiger partial charge is 0.309 e. The number of halogens is 1. The lowest BCUT2D eigenvalue weighted by molar-refractivity contribution is -0.122. The van der Waals surface area contributed by atoms with Crippen molar-refractivity contribution < 1.29 is 14.0 Å². The van der Waals surface area contributed by atoms with Gasteiger partial charge in [0, 0.05) is 19.4 Å². The topological polar surface area (TPSA) is 75.2 Å². The molecule has 1 N–H and O–H groups in total. The zero-order valence-electron chi connectivity index (χ0n) is 14.6. The monoisotopic (exact) mass is 376 g/mol. The van der Waals surface area contributed by atoms with Crippen LogP contribution in [0.3, 0.4) is 0 Å². The molecule has 26 heavy (non-hydrogen) atoms. The van der Waals surface area contributed by atoms with Crippen molar-refractivity contribution in [1.29, 1.82) is 0 Å². The van der Waals surface area contributed by atoms with Crippen LogP contribution in [0.5, 0.6) is 0 Å². The highest BCUT2D eigenvalue weighted by atomic mass is 32.1. The summed E-state index contributed by atoms with van der Waals surface area (Å²) in [5.74, 6) is -1.54. The van der Waals surface area contributed by atoms with E-state index in [1.807, 2.05) is 0 Å². The number of hydrogen-bond donors (Lipinski definition) is 1. The lowest BCUT2D eigenvalue weighted by Gasteiger charge is -2.17. The van der Waals surface area contributed by atoms with Crippen LogP contribution in [0.25, 0.3) is 0 Å². The van der Waals surface area contributed by atoms with Crippen LogP contribution in [0.2, 0.25) is 0 Å². The molecule has 1 aliphatic heterocycles. The minimum Gasteiger partial charge on any atom is -0.309 e. The number of unbranched alkanes of at least 4 members (excludes halogenated alkanes) is 2. The third-order valence-electron chi connectivity index (χ3n) is 4.33. The van der Waals surface area contributed by atoms with Gasteiger partial charge in [-0.3, -0.25) is 9.59 Å². The molecule has 2 aromatic rings. The molecule has 1 aliphatic rings. The normalized spacial score (nSPS) is 16.9. The van der Waals surface area contributed by atoms with Gasteiger partial charge in [0.05, 0.1) is 11.6 Å². The summed E-state index contributed by atoms with van der Waals surface area (Å²) in [6.07, 6.45) is 4.23. The molecule has 0 aliphatic carbocycles. The van der Waals surface area contributed by atoms with Gasteiger partial charge in [0.15, 0.2) is 0 Å². The smallest absolute Gasteiger partial charge is 0.231 e. The summed E-state index contributed by atoms with van der Waals surface area (Å²) in [4.78, 5) is 26.0. The standard InChI is InChI=1S/C18H21FN4O2S/c1-2-3-4-9-15-21-22-18(26-15)20-17(25)12-10-16(24)23(11-12)14-8-6-5-7-13(14)19/h5-8,12H,2-4,9-11H2,1H3,(H,20,22,25)/t12-/m0/s1. The SMILES string of the molecule is CCCCCc1nnc(NC(=O)[C@H]2CC(=O)N(c3ccccc3F)C2)s1. The van der Waals surface area contributed by atoms with Crippen molar-refractivity contribution in [2.24, 2.45) is 5.92 Å². The Morgan fingerprint density at radius 3 is 2.92 bits per heavy atom. The van der Waals surface area contributed by atoms with E-state index in [4.69, 9.17) is 0 Å². The highest BCUT2D eigenvalue weighted by molar-refractivity contribution is 7.15. The van der Waals surface area contributed by atoms with Crippen LogP contribution < -0.4 is 10.2 Å². The molecule has 0 unspecified atom stereocenters. The number of aromatic nitrogens is 2. The molecule has 1 saturated heterocycles. The van der Waals surface area contributed by atoms with Crippen molar-refractivity contribution in [3.05, 3.63) is 35.1 Å². The second kappa shape index (κ2) is 8.35. The Bertz CT molecular complexity index is 795. The molecule has 8 heteroatoms. The zero-order chi connectivity index (χ0) is 18.5. The van der Waals surface area contributed by atoms with Gasteiger partial charge >= 0.3 is 0 Å². The van der Waals surface area contributed by atoms with E-state index in [9.17, 15) is 14.0 Å². The molecule has 2 amide bonds. The summed E-state index contributed by atoms with van der Waals surface area (Å²) < 4.78 is 13.9. The summed E-state index contributed by atoms with van der Waals surface area (Å²) in [6, 6.07) is 6.08. The van der Waals surface area contributed by atoms with E-state index < -0.39 is 11.7 Å². The van der Waals surface area contributed by atoms with E-state index >= 15 is 0 Å². The maximum absolute atomic E-state index is 13.9. The highest BCUT2D eigenvalue weighted by Gasteiger charge is 2.36. The quantitative estimate of drug-likeness (QED) is 0.752. The Morgan fingerprint density at radius 2 is 2.15 bits per heavy atom. The third-order valence-corrected chi connectivity index (χ3v) is 5.23. The average molecular weight is 376 g/mol. The number of anilines is 2. The van der Waals surface area contributed by atoms with E-state index in [-0.39, 0.29) is 30.5 Å². The summed E-state index contributed by atoms with van der Waals surface area (Å²) in [6.45, 7) is 2.30. The second-order valence-corrected chi connectivity index (χ2v) is 7.37. The van der Waals surface area contributed by atoms with Gasteiger partial charge in [-0.2, -0.15) is 0 Å². The van der Waals surface area contributed by atoms with Crippen LogP contribution in [0.1, 0.15) is 37.6 Å². The van der Waals surface area contributed by atoms with Gasteiger partial charge in [-0.15, -0.1) is 10.2 Å². The lowest BCUT2D eigenvalue weighted by atomic mass is 10.1. The first-order valence-corrected chi connectivity index (χ1v) is 9.58. The third kappa shape index (κ3) is 4.24. The van der Waals surface area contributed by atoms with Gasteiger partial charge in [-0.1, -0.05) is 43.2 Å². The summed E-state index contributed by atoms with van der Waals surface area (Å²) in [5, 5.41) is 12.1. The van der Waals surface area contributed by atoms with E-state index in [2.05, 4.69) is 22.4 Å². The van der Waals surface area contributed by atoms with E-state index in [0.29, 0.717) is 5.13 Å². The van der Waals surface area contributed by atoms with Gasteiger partial charge in [0.25, 0.3) is 0 Å². The summed E-state index contributed by atoms with van der Waals surface area (Å²) in [5.41, 5.74) is 0.210. The Morgan fingerprint density at radius 1 is 1.35 bits per heavy atom. The van der Waals surface area contributed by atoms with Crippen LogP contribution in [0.4, 0.5) is 15.2 Å². The number of para-hydroxylation sites is 1. The van der Waals surface area contributed by atoms with Crippen LogP contribution in [0, 0.1) is 11.7 Å². The molecular weight excluding hydrogens is 355 g/mol. The average Bonchev–Trinajstić information content (AvgIpc) is 3.22. The number of nitrogens with one attached hydrogen (secondary N) is 1. The van der Waals surface area contributed by atoms with Gasteiger partial charge in [0.2, 0.25) is 16.9 Å². The van der Waals surface area contributed by atoms with E-state index in [1.165, 1.54) is 22.3 Å². The molecule has 2 heterocycles. The molecule has 3 rings (SSSR count). The van der Waals surface area contributed by atoms with Gasteiger partial charge in [0.1, 0.15) is 10.8 Å². The number of nitrogens with zero attached hydrogens (tertiary/aromatic N) is 3. The predicted octanol–water partition coefficient (Wildman–Crippen LogP) is 3.40. The van der Waals surface area contributed by atoms with Crippen LogP contribution in [-0.2, 0) is 16.0 Å². The number of carbonyl (C=O) groups excluding carboxylic acids is 2. The van der Waals surface area contributed by atoms with E-state index in [0.717, 1.165) is 30.7 Å². The lowest BCUT2D eigenvalue weighted by Crippen LogP contribution is -2.28. The molecule has 138 valence electrons. The number of benzene rings is 1. The maximum Gasteiger partial charge on any atom is 0.231 e. The number of hydrogen-bond acceptors (Lipinski definition) is 5. The van der Waals surface area contributed by atoms with Crippen LogP contribution in [0.15, 0.2) is 24.3 Å². The van der Waals surface area contributed by atoms with Crippen molar-refractivity contribution in [3.63, 3.8) is 0 Å². The first kappa shape index (κ1) is 18.4. The highest BCUT2D eigenvalue weighted by Crippen LogP contribution is 2.28. The number of rotatable bonds is 7. The van der Waals surface area contributed by atoms with Gasteiger partial charge < -0.3 is 10.2 Å². The molecule has 6 nitrogen and oxygen atoms in total. The second-order valence-electron chi connectivity index (χ2n) is 6.30. The van der Waals surface area contributed by atoms with Gasteiger partial charge in [-0.25, -0.2) is 4.39 Å². The Balaban J connectivity index is 1.59. The number of carbonyl (C=O) groups is 2. The van der Waals surface area contributed by atoms with E-state index in [1.54, 1.807) is 18.2 Å². The van der Waals surface area contributed by atoms with Crippen molar-refractivity contribution in [3.8, 4) is 0 Å². The van der Waals surface area contributed by atoms with Crippen molar-refractivity contribution >= 4 is 34.0 Å². The fraction of sp³-hybridized carbons (Fsp3) is 0.444. The van der Waals surface area contributed by atoms with Crippen molar-refractivity contribution in [2.45, 2.75) is 39.0 Å². The summed E-state index contributed by atoms with van der Waals surface area (Å²) >= 11 is 1.36. The summed E-state index contributed by atoms with van der Waals surface area (Å²) in [7, 11) is 0. The van der Waals surface area contributed by atoms with Crippen molar-refractivity contribution in [2.75, 3.05) is 16.8 Å². The molecule has 1 fully saturated rings. The maximum atomic E-state index is 13.9. The predicted molar refractivity (Wildman–Crippen MR) is 98.6 cm³/mol. The Labute approximate surface area is 155 Å². The first-order chi connectivity index (χ1) is 12.6. The van der Waals surface area contributed by atoms with Crippen LogP contribution >= 0.6 is 11.3 Å². The first-order valence-electron chi connectivity index (χ1n) is 8.76. The molecule has 1 aromatic carbocycles. The zero-order valence-corrected chi connectivity index (χ0v) is 15.4. The molecular formula is C18H21FN4O2S. The fourth-order valence-corrected chi connectivity index (χ4v) is 3.71. The Hall–Kier alpha value is -2.35.